The van der Waals surface area contributed by atoms with Gasteiger partial charge in [0.25, 0.3) is 11.8 Å². The average Bonchev–Trinajstić information content (AvgIpc) is 3.19. The molecule has 150 valence electrons. The van der Waals surface area contributed by atoms with Crippen molar-refractivity contribution in [2.45, 2.75) is 26.3 Å². The van der Waals surface area contributed by atoms with Gasteiger partial charge < -0.3 is 9.67 Å². The number of hydrogen-bond acceptors (Lipinski definition) is 4. The first kappa shape index (κ1) is 18.4. The summed E-state index contributed by atoms with van der Waals surface area (Å²) in [5, 5.41) is 12.2. The number of nitrogens with zero attached hydrogens (tertiary/aromatic N) is 3. The first-order valence-electron chi connectivity index (χ1n) is 10.1. The Hall–Kier alpha value is -3.67. The maximum Gasteiger partial charge on any atom is 0.261 e. The molecule has 0 fully saturated rings. The van der Waals surface area contributed by atoms with E-state index < -0.39 is 0 Å². The van der Waals surface area contributed by atoms with Gasteiger partial charge in [-0.3, -0.25) is 19.5 Å². The highest BCUT2D eigenvalue weighted by Crippen LogP contribution is 2.32. The Balaban J connectivity index is 1.37. The summed E-state index contributed by atoms with van der Waals surface area (Å²) in [6, 6.07) is 14.4. The van der Waals surface area contributed by atoms with E-state index in [4.69, 9.17) is 0 Å². The van der Waals surface area contributed by atoms with E-state index in [9.17, 15) is 14.7 Å². The molecule has 5 rings (SSSR count). The fourth-order valence-corrected chi connectivity index (χ4v) is 4.42. The highest BCUT2D eigenvalue weighted by molar-refractivity contribution is 6.21. The summed E-state index contributed by atoms with van der Waals surface area (Å²) in [6.45, 7) is 3.08. The molecule has 1 aliphatic heterocycles. The first-order chi connectivity index (χ1) is 14.6. The lowest BCUT2D eigenvalue weighted by molar-refractivity contribution is 0.0651. The van der Waals surface area contributed by atoms with Crippen LogP contribution in [0, 0.1) is 6.92 Å². The van der Waals surface area contributed by atoms with Crippen molar-refractivity contribution >= 4 is 33.6 Å². The van der Waals surface area contributed by atoms with E-state index >= 15 is 0 Å². The molecule has 0 atom stereocenters. The zero-order valence-corrected chi connectivity index (χ0v) is 16.6. The maximum absolute atomic E-state index is 12.5. The molecule has 0 unspecified atom stereocenters. The summed E-state index contributed by atoms with van der Waals surface area (Å²) in [7, 11) is 0. The predicted molar refractivity (Wildman–Crippen MR) is 115 cm³/mol. The Morgan fingerprint density at radius 1 is 0.900 bits per heavy atom. The Bertz CT molecular complexity index is 1290. The van der Waals surface area contributed by atoms with Crippen LogP contribution in [0.15, 0.2) is 54.7 Å². The number of unbranched alkanes of at least 4 members (excludes halogenated alkanes) is 1. The van der Waals surface area contributed by atoms with E-state index in [1.165, 1.54) is 4.90 Å². The normalized spacial score (nSPS) is 13.6. The van der Waals surface area contributed by atoms with Crippen molar-refractivity contribution in [2.24, 2.45) is 0 Å². The fraction of sp³-hybridized carbons (Fsp3) is 0.208. The van der Waals surface area contributed by atoms with Crippen molar-refractivity contribution in [3.8, 4) is 5.75 Å². The second kappa shape index (κ2) is 6.99. The number of imide groups is 1. The predicted octanol–water partition coefficient (Wildman–Crippen LogP) is 4.28. The number of amides is 2. The molecule has 0 radical (unpaired) electrons. The minimum atomic E-state index is -0.211. The van der Waals surface area contributed by atoms with E-state index in [0.29, 0.717) is 30.6 Å². The number of aryl methyl sites for hydroxylation is 2. The number of rotatable bonds is 5. The third-order valence-corrected chi connectivity index (χ3v) is 5.83. The van der Waals surface area contributed by atoms with E-state index in [-0.39, 0.29) is 17.6 Å². The number of aromatic hydroxyl groups is 1. The molecule has 6 nitrogen and oxygen atoms in total. The molecule has 2 aromatic heterocycles. The summed E-state index contributed by atoms with van der Waals surface area (Å²) in [4.78, 5) is 30.8. The summed E-state index contributed by atoms with van der Waals surface area (Å²) in [6.07, 6.45) is 3.29. The van der Waals surface area contributed by atoms with Gasteiger partial charge in [-0.25, -0.2) is 0 Å². The molecule has 2 amide bonds. The van der Waals surface area contributed by atoms with E-state index in [2.05, 4.69) is 9.55 Å². The Morgan fingerprint density at radius 3 is 2.33 bits per heavy atom. The largest absolute Gasteiger partial charge is 0.508 e. The van der Waals surface area contributed by atoms with E-state index in [1.54, 1.807) is 42.6 Å². The molecule has 30 heavy (non-hydrogen) atoms. The summed E-state index contributed by atoms with van der Waals surface area (Å²) in [5.74, 6) is -0.196. The highest BCUT2D eigenvalue weighted by Gasteiger charge is 2.34. The molecular formula is C24H21N3O3. The van der Waals surface area contributed by atoms with Crippen LogP contribution in [0.25, 0.3) is 21.8 Å². The minimum absolute atomic E-state index is 0.211. The van der Waals surface area contributed by atoms with Crippen molar-refractivity contribution in [1.82, 2.24) is 14.5 Å². The van der Waals surface area contributed by atoms with Crippen LogP contribution in [0.4, 0.5) is 0 Å². The highest BCUT2D eigenvalue weighted by atomic mass is 16.3. The molecule has 0 spiro atoms. The number of pyridine rings is 1. The molecule has 3 heterocycles. The SMILES string of the molecule is Cc1nccc2c3ccc(O)cc3n(CCCCN3C(=O)c4ccccc4C3=O)c12. The number of hydrogen-bond donors (Lipinski definition) is 1. The quantitative estimate of drug-likeness (QED) is 0.401. The van der Waals surface area contributed by atoms with Gasteiger partial charge >= 0.3 is 0 Å². The standard InChI is InChI=1S/C24H21N3O3/c1-15-22-18(10-11-25-15)17-9-8-16(28)14-21(17)26(22)12-4-5-13-27-23(29)19-6-2-3-7-20(19)24(27)30/h2-3,6-11,14,28H,4-5,12-13H2,1H3. The number of benzene rings is 2. The summed E-state index contributed by atoms with van der Waals surface area (Å²) >= 11 is 0. The van der Waals surface area contributed by atoms with E-state index in [0.717, 1.165) is 33.9 Å². The topological polar surface area (TPSA) is 75.4 Å². The van der Waals surface area contributed by atoms with Crippen LogP contribution in [0.5, 0.6) is 5.75 Å². The molecule has 2 aromatic carbocycles. The third-order valence-electron chi connectivity index (χ3n) is 5.83. The minimum Gasteiger partial charge on any atom is -0.508 e. The smallest absolute Gasteiger partial charge is 0.261 e. The second-order valence-electron chi connectivity index (χ2n) is 7.66. The average molecular weight is 399 g/mol. The molecule has 6 heteroatoms. The maximum atomic E-state index is 12.5. The number of fused-ring (bicyclic) bond motifs is 4. The number of carbonyl (C=O) groups is 2. The van der Waals surface area contributed by atoms with Gasteiger partial charge in [0.2, 0.25) is 0 Å². The Morgan fingerprint density at radius 2 is 1.60 bits per heavy atom. The summed E-state index contributed by atoms with van der Waals surface area (Å²) in [5.41, 5.74) is 3.92. The summed E-state index contributed by atoms with van der Waals surface area (Å²) < 4.78 is 2.18. The van der Waals surface area contributed by atoms with Crippen LogP contribution in [-0.4, -0.2) is 37.9 Å². The van der Waals surface area contributed by atoms with Crippen molar-refractivity contribution < 1.29 is 14.7 Å². The zero-order valence-electron chi connectivity index (χ0n) is 16.6. The van der Waals surface area contributed by atoms with Gasteiger partial charge in [-0.05, 0) is 50.1 Å². The second-order valence-corrected chi connectivity index (χ2v) is 7.66. The monoisotopic (exact) mass is 399 g/mol. The number of aromatic nitrogens is 2. The van der Waals surface area contributed by atoms with Crippen molar-refractivity contribution in [1.29, 1.82) is 0 Å². The lowest BCUT2D eigenvalue weighted by atomic mass is 10.1. The third kappa shape index (κ3) is 2.76. The lowest BCUT2D eigenvalue weighted by Gasteiger charge is -2.14. The lowest BCUT2D eigenvalue weighted by Crippen LogP contribution is -2.30. The van der Waals surface area contributed by atoms with Gasteiger partial charge in [-0.15, -0.1) is 0 Å². The fourth-order valence-electron chi connectivity index (χ4n) is 4.42. The molecule has 4 aromatic rings. The van der Waals surface area contributed by atoms with Crippen LogP contribution in [-0.2, 0) is 6.54 Å². The van der Waals surface area contributed by atoms with Crippen molar-refractivity contribution in [3.05, 3.63) is 71.5 Å². The van der Waals surface area contributed by atoms with Crippen molar-refractivity contribution in [2.75, 3.05) is 6.54 Å². The van der Waals surface area contributed by atoms with Crippen LogP contribution < -0.4 is 0 Å². The first-order valence-corrected chi connectivity index (χ1v) is 10.1. The molecule has 1 aliphatic rings. The van der Waals surface area contributed by atoms with E-state index in [1.807, 2.05) is 19.1 Å². The Kier molecular flexibility index (Phi) is 4.28. The zero-order chi connectivity index (χ0) is 20.8. The van der Waals surface area contributed by atoms with Gasteiger partial charge in [0, 0.05) is 36.1 Å². The van der Waals surface area contributed by atoms with Gasteiger partial charge in [0.15, 0.2) is 0 Å². The number of phenolic OH excluding ortho intramolecular Hbond substituents is 1. The molecule has 0 saturated carbocycles. The van der Waals surface area contributed by atoms with Crippen LogP contribution in [0.3, 0.4) is 0 Å². The van der Waals surface area contributed by atoms with Crippen LogP contribution in [0.2, 0.25) is 0 Å². The number of carbonyl (C=O) groups excluding carboxylic acids is 2. The molecule has 0 saturated heterocycles. The van der Waals surface area contributed by atoms with Gasteiger partial charge in [0.05, 0.1) is 27.9 Å². The molecule has 1 N–H and O–H groups in total. The van der Waals surface area contributed by atoms with Crippen LogP contribution in [0.1, 0.15) is 39.3 Å². The van der Waals surface area contributed by atoms with Crippen molar-refractivity contribution in [3.63, 3.8) is 0 Å². The molecule has 0 aliphatic carbocycles. The van der Waals surface area contributed by atoms with Gasteiger partial charge in [-0.2, -0.15) is 0 Å². The Labute approximate surface area is 173 Å². The van der Waals surface area contributed by atoms with Gasteiger partial charge in [0.1, 0.15) is 5.75 Å². The van der Waals surface area contributed by atoms with Gasteiger partial charge in [-0.1, -0.05) is 12.1 Å². The van der Waals surface area contributed by atoms with Crippen LogP contribution >= 0.6 is 0 Å². The molecule has 0 bridgehead atoms. The molecular weight excluding hydrogens is 378 g/mol. The number of phenols is 1.